The van der Waals surface area contributed by atoms with Crippen LogP contribution in [0.25, 0.3) is 16.6 Å². The van der Waals surface area contributed by atoms with Crippen LogP contribution < -0.4 is 11.0 Å². The minimum absolute atomic E-state index is 0.140. The number of fused-ring (bicyclic) bond motifs is 1. The first-order chi connectivity index (χ1) is 14.4. The Balaban J connectivity index is 1.86. The van der Waals surface area contributed by atoms with Crippen molar-refractivity contribution in [2.75, 3.05) is 5.43 Å². The first-order valence-corrected chi connectivity index (χ1v) is 9.75. The summed E-state index contributed by atoms with van der Waals surface area (Å²) in [6, 6.07) is 13.3. The molecule has 0 fully saturated rings. The van der Waals surface area contributed by atoms with Crippen LogP contribution in [0.2, 0.25) is 0 Å². The smallest absolute Gasteiger partial charge is 0.267 e. The van der Waals surface area contributed by atoms with Crippen molar-refractivity contribution in [3.05, 3.63) is 80.9 Å². The fourth-order valence-electron chi connectivity index (χ4n) is 3.62. The molecule has 2 aromatic heterocycles. The van der Waals surface area contributed by atoms with Gasteiger partial charge in [0, 0.05) is 18.3 Å². The lowest BCUT2D eigenvalue weighted by Crippen LogP contribution is -2.23. The lowest BCUT2D eigenvalue weighted by atomic mass is 10.1. The quantitative estimate of drug-likeness (QED) is 0.418. The molecule has 0 aliphatic rings. The number of hydrogen-bond donors (Lipinski definition) is 1. The van der Waals surface area contributed by atoms with Crippen LogP contribution in [0, 0.1) is 27.7 Å². The maximum Gasteiger partial charge on any atom is 0.267 e. The molecule has 4 aromatic rings. The molecular formula is C23H24N6O. The van der Waals surface area contributed by atoms with Gasteiger partial charge in [-0.2, -0.15) is 10.2 Å². The molecule has 2 heterocycles. The maximum absolute atomic E-state index is 13.3. The Kier molecular flexibility index (Phi) is 4.95. The SMILES string of the molecule is Cc1ccc(-n2c(N/N=C\c3c(C)nn(C)c3C)nc3ccccc3c2=O)c(C)c1. The van der Waals surface area contributed by atoms with Crippen molar-refractivity contribution in [1.29, 1.82) is 0 Å². The second kappa shape index (κ2) is 7.59. The van der Waals surface area contributed by atoms with E-state index >= 15 is 0 Å². The third-order valence-electron chi connectivity index (χ3n) is 5.29. The highest BCUT2D eigenvalue weighted by Gasteiger charge is 2.14. The van der Waals surface area contributed by atoms with Crippen LogP contribution in [0.1, 0.15) is 28.1 Å². The second-order valence-electron chi connectivity index (χ2n) is 7.46. The monoisotopic (exact) mass is 400 g/mol. The normalized spacial score (nSPS) is 11.5. The molecular weight excluding hydrogens is 376 g/mol. The lowest BCUT2D eigenvalue weighted by Gasteiger charge is -2.15. The van der Waals surface area contributed by atoms with Crippen molar-refractivity contribution in [3.8, 4) is 5.69 Å². The summed E-state index contributed by atoms with van der Waals surface area (Å²) in [6.45, 7) is 7.94. The molecule has 0 unspecified atom stereocenters. The van der Waals surface area contributed by atoms with E-state index in [1.165, 1.54) is 0 Å². The third-order valence-corrected chi connectivity index (χ3v) is 5.29. The number of nitrogens with one attached hydrogen (secondary N) is 1. The Morgan fingerprint density at radius 2 is 1.83 bits per heavy atom. The molecule has 152 valence electrons. The van der Waals surface area contributed by atoms with Gasteiger partial charge in [-0.15, -0.1) is 0 Å². The lowest BCUT2D eigenvalue weighted by molar-refractivity contribution is 0.731. The molecule has 0 saturated heterocycles. The number of para-hydroxylation sites is 1. The molecule has 0 amide bonds. The molecule has 2 aromatic carbocycles. The number of nitrogens with zero attached hydrogens (tertiary/aromatic N) is 5. The van der Waals surface area contributed by atoms with Gasteiger partial charge in [-0.05, 0) is 51.5 Å². The van der Waals surface area contributed by atoms with E-state index in [2.05, 4.69) is 20.6 Å². The fraction of sp³-hybridized carbons (Fsp3) is 0.217. The Morgan fingerprint density at radius 1 is 1.07 bits per heavy atom. The Hall–Kier alpha value is -3.74. The minimum atomic E-state index is -0.140. The van der Waals surface area contributed by atoms with Gasteiger partial charge in [-0.1, -0.05) is 29.8 Å². The maximum atomic E-state index is 13.3. The Labute approximate surface area is 174 Å². The number of aryl methyl sites for hydroxylation is 4. The summed E-state index contributed by atoms with van der Waals surface area (Å²) < 4.78 is 3.40. The van der Waals surface area contributed by atoms with Crippen LogP contribution in [-0.2, 0) is 7.05 Å². The van der Waals surface area contributed by atoms with Crippen molar-refractivity contribution >= 4 is 23.1 Å². The van der Waals surface area contributed by atoms with Crippen molar-refractivity contribution < 1.29 is 0 Å². The zero-order valence-corrected chi connectivity index (χ0v) is 17.8. The Morgan fingerprint density at radius 3 is 2.53 bits per heavy atom. The van der Waals surface area contributed by atoms with E-state index in [1.54, 1.807) is 16.8 Å². The van der Waals surface area contributed by atoms with E-state index in [0.29, 0.717) is 16.9 Å². The number of hydrogen-bond acceptors (Lipinski definition) is 5. The molecule has 7 heteroatoms. The van der Waals surface area contributed by atoms with Gasteiger partial charge in [-0.3, -0.25) is 9.48 Å². The van der Waals surface area contributed by atoms with Gasteiger partial charge in [0.2, 0.25) is 5.95 Å². The summed E-state index contributed by atoms with van der Waals surface area (Å²) in [4.78, 5) is 18.0. The number of anilines is 1. The summed E-state index contributed by atoms with van der Waals surface area (Å²) in [6.07, 6.45) is 1.71. The topological polar surface area (TPSA) is 77.1 Å². The molecule has 0 radical (unpaired) electrons. The molecule has 1 N–H and O–H groups in total. The molecule has 7 nitrogen and oxygen atoms in total. The highest BCUT2D eigenvalue weighted by molar-refractivity contribution is 5.83. The predicted molar refractivity (Wildman–Crippen MR) is 121 cm³/mol. The summed E-state index contributed by atoms with van der Waals surface area (Å²) in [7, 11) is 1.90. The van der Waals surface area contributed by atoms with E-state index in [4.69, 9.17) is 0 Å². The van der Waals surface area contributed by atoms with Crippen LogP contribution >= 0.6 is 0 Å². The number of aromatic nitrogens is 4. The van der Waals surface area contributed by atoms with Crippen molar-refractivity contribution in [2.45, 2.75) is 27.7 Å². The van der Waals surface area contributed by atoms with Gasteiger partial charge < -0.3 is 0 Å². The van der Waals surface area contributed by atoms with Crippen LogP contribution in [0.4, 0.5) is 5.95 Å². The van der Waals surface area contributed by atoms with E-state index in [0.717, 1.165) is 33.8 Å². The standard InChI is InChI=1S/C23H24N6O/c1-14-10-11-21(15(2)12-14)29-22(30)18-8-6-7-9-20(18)25-23(29)26-24-13-19-16(3)27-28(5)17(19)4/h6-13H,1-5H3,(H,25,26)/b24-13-. The molecule has 0 bridgehead atoms. The average molecular weight is 400 g/mol. The largest absolute Gasteiger partial charge is 0.272 e. The van der Waals surface area contributed by atoms with Crippen LogP contribution in [0.15, 0.2) is 52.4 Å². The molecule has 0 spiro atoms. The van der Waals surface area contributed by atoms with Gasteiger partial charge >= 0.3 is 0 Å². The number of benzene rings is 2. The van der Waals surface area contributed by atoms with Crippen LogP contribution in [0.3, 0.4) is 0 Å². The van der Waals surface area contributed by atoms with Crippen LogP contribution in [0.5, 0.6) is 0 Å². The summed E-state index contributed by atoms with van der Waals surface area (Å²) in [5.74, 6) is 0.362. The highest BCUT2D eigenvalue weighted by atomic mass is 16.1. The van der Waals surface area contributed by atoms with Crippen molar-refractivity contribution in [3.63, 3.8) is 0 Å². The second-order valence-corrected chi connectivity index (χ2v) is 7.46. The van der Waals surface area contributed by atoms with Crippen molar-refractivity contribution in [2.24, 2.45) is 12.1 Å². The van der Waals surface area contributed by atoms with Gasteiger partial charge in [0.05, 0.1) is 28.5 Å². The molecule has 0 aliphatic carbocycles. The first kappa shape index (κ1) is 19.6. The van der Waals surface area contributed by atoms with Gasteiger partial charge in [0.15, 0.2) is 0 Å². The zero-order valence-electron chi connectivity index (χ0n) is 17.8. The van der Waals surface area contributed by atoms with E-state index in [9.17, 15) is 4.79 Å². The molecule has 0 saturated carbocycles. The molecule has 0 aliphatic heterocycles. The van der Waals surface area contributed by atoms with E-state index < -0.39 is 0 Å². The number of rotatable bonds is 4. The Bertz CT molecular complexity index is 1350. The zero-order chi connectivity index (χ0) is 21.4. The first-order valence-electron chi connectivity index (χ1n) is 9.75. The van der Waals surface area contributed by atoms with E-state index in [-0.39, 0.29) is 5.56 Å². The summed E-state index contributed by atoms with van der Waals surface area (Å²) in [5.41, 5.74) is 9.19. The average Bonchev–Trinajstić information content (AvgIpc) is 2.95. The minimum Gasteiger partial charge on any atom is -0.272 e. The predicted octanol–water partition coefficient (Wildman–Crippen LogP) is 3.80. The molecule has 30 heavy (non-hydrogen) atoms. The van der Waals surface area contributed by atoms with Gasteiger partial charge in [0.1, 0.15) is 0 Å². The highest BCUT2D eigenvalue weighted by Crippen LogP contribution is 2.20. The van der Waals surface area contributed by atoms with Crippen molar-refractivity contribution in [1.82, 2.24) is 19.3 Å². The molecule has 0 atom stereocenters. The van der Waals surface area contributed by atoms with E-state index in [1.807, 2.05) is 75.8 Å². The number of hydrazone groups is 1. The summed E-state index contributed by atoms with van der Waals surface area (Å²) in [5, 5.41) is 9.34. The summed E-state index contributed by atoms with van der Waals surface area (Å²) >= 11 is 0. The third kappa shape index (κ3) is 3.39. The van der Waals surface area contributed by atoms with Gasteiger partial charge in [-0.25, -0.2) is 15.0 Å². The van der Waals surface area contributed by atoms with Crippen LogP contribution in [-0.4, -0.2) is 25.5 Å². The fourth-order valence-corrected chi connectivity index (χ4v) is 3.62. The molecule has 4 rings (SSSR count). The van der Waals surface area contributed by atoms with Gasteiger partial charge in [0.25, 0.3) is 5.56 Å².